The molecule has 1 aromatic rings. The van der Waals surface area contributed by atoms with Crippen molar-refractivity contribution in [3.8, 4) is 0 Å². The lowest BCUT2D eigenvalue weighted by atomic mass is 9.94. The number of amides is 1. The van der Waals surface area contributed by atoms with Gasteiger partial charge in [0, 0.05) is 30.9 Å². The van der Waals surface area contributed by atoms with Crippen LogP contribution in [0.25, 0.3) is 0 Å². The lowest BCUT2D eigenvalue weighted by Gasteiger charge is -2.28. The molecule has 1 aromatic heterocycles. The molecule has 20 heavy (non-hydrogen) atoms. The maximum Gasteiger partial charge on any atom is 0.226 e. The number of carbonyl (C=O) groups excluding carboxylic acids is 1. The molecule has 2 aliphatic rings. The third kappa shape index (κ3) is 2.85. The van der Waals surface area contributed by atoms with E-state index in [-0.39, 0.29) is 5.92 Å². The van der Waals surface area contributed by atoms with E-state index < -0.39 is 0 Å². The van der Waals surface area contributed by atoms with E-state index in [1.54, 1.807) is 12.4 Å². The number of nitrogens with two attached hydrogens (primary N) is 1. The Labute approximate surface area is 120 Å². The standard InChI is InChI=1S/C16H23N3O/c17-10-13-2-1-3-15(13)16(20)19(14-4-5-14)11-12-6-8-18-9-7-12/h6-9,13-15H,1-5,10-11,17H2. The van der Waals surface area contributed by atoms with Crippen LogP contribution in [-0.4, -0.2) is 28.4 Å². The van der Waals surface area contributed by atoms with Gasteiger partial charge in [0.2, 0.25) is 5.91 Å². The van der Waals surface area contributed by atoms with Crippen LogP contribution >= 0.6 is 0 Å². The van der Waals surface area contributed by atoms with Crippen LogP contribution in [0.3, 0.4) is 0 Å². The van der Waals surface area contributed by atoms with Crippen LogP contribution in [0.15, 0.2) is 24.5 Å². The molecule has 0 spiro atoms. The van der Waals surface area contributed by atoms with E-state index in [2.05, 4.69) is 9.88 Å². The average molecular weight is 273 g/mol. The first kappa shape index (κ1) is 13.6. The van der Waals surface area contributed by atoms with Crippen LogP contribution < -0.4 is 5.73 Å². The van der Waals surface area contributed by atoms with Gasteiger partial charge >= 0.3 is 0 Å². The number of aromatic nitrogens is 1. The summed E-state index contributed by atoms with van der Waals surface area (Å²) in [6.07, 6.45) is 9.16. The molecule has 3 rings (SSSR count). The normalized spacial score (nSPS) is 25.6. The fraction of sp³-hybridized carbons (Fsp3) is 0.625. The van der Waals surface area contributed by atoms with E-state index in [1.165, 1.54) is 5.56 Å². The van der Waals surface area contributed by atoms with Gasteiger partial charge in [-0.1, -0.05) is 6.42 Å². The molecule has 0 aliphatic heterocycles. The average Bonchev–Trinajstić information content (AvgIpc) is 3.21. The molecule has 0 bridgehead atoms. The zero-order valence-corrected chi connectivity index (χ0v) is 11.9. The van der Waals surface area contributed by atoms with Gasteiger partial charge in [-0.05, 0) is 55.8 Å². The molecule has 2 unspecified atom stereocenters. The van der Waals surface area contributed by atoms with Crippen LogP contribution in [-0.2, 0) is 11.3 Å². The summed E-state index contributed by atoms with van der Waals surface area (Å²) in [7, 11) is 0. The fourth-order valence-electron chi connectivity index (χ4n) is 3.32. The fourth-order valence-corrected chi connectivity index (χ4v) is 3.32. The summed E-state index contributed by atoms with van der Waals surface area (Å²) < 4.78 is 0. The number of hydrogen-bond acceptors (Lipinski definition) is 3. The maximum absolute atomic E-state index is 12.9. The van der Waals surface area contributed by atoms with Crippen molar-refractivity contribution in [3.05, 3.63) is 30.1 Å². The minimum absolute atomic E-state index is 0.155. The molecule has 1 amide bonds. The molecule has 2 aliphatic carbocycles. The van der Waals surface area contributed by atoms with Crippen LogP contribution in [0.5, 0.6) is 0 Å². The van der Waals surface area contributed by atoms with Crippen LogP contribution in [0.1, 0.15) is 37.7 Å². The van der Waals surface area contributed by atoms with E-state index in [0.717, 1.165) is 38.6 Å². The molecule has 0 radical (unpaired) electrons. The van der Waals surface area contributed by atoms with Gasteiger partial charge in [0.25, 0.3) is 0 Å². The smallest absolute Gasteiger partial charge is 0.226 e. The van der Waals surface area contributed by atoms with Crippen molar-refractivity contribution >= 4 is 5.91 Å². The molecule has 0 aromatic carbocycles. The highest BCUT2D eigenvalue weighted by molar-refractivity contribution is 5.80. The second-order valence-electron chi connectivity index (χ2n) is 6.09. The van der Waals surface area contributed by atoms with Crippen molar-refractivity contribution in [2.75, 3.05) is 6.54 Å². The second-order valence-corrected chi connectivity index (χ2v) is 6.09. The highest BCUT2D eigenvalue weighted by atomic mass is 16.2. The van der Waals surface area contributed by atoms with Gasteiger partial charge in [-0.25, -0.2) is 0 Å². The second kappa shape index (κ2) is 5.92. The lowest BCUT2D eigenvalue weighted by molar-refractivity contribution is -0.137. The number of carbonyl (C=O) groups is 1. The lowest BCUT2D eigenvalue weighted by Crippen LogP contribution is -2.40. The number of pyridine rings is 1. The Morgan fingerprint density at radius 1 is 1.25 bits per heavy atom. The summed E-state index contributed by atoms with van der Waals surface area (Å²) in [4.78, 5) is 19.0. The molecule has 2 N–H and O–H groups in total. The van der Waals surface area contributed by atoms with Crippen LogP contribution in [0, 0.1) is 11.8 Å². The summed E-state index contributed by atoms with van der Waals surface area (Å²) in [5, 5.41) is 0. The number of rotatable bonds is 5. The molecule has 4 heteroatoms. The van der Waals surface area contributed by atoms with Gasteiger partial charge in [0.15, 0.2) is 0 Å². The Hall–Kier alpha value is -1.42. The zero-order chi connectivity index (χ0) is 13.9. The third-order valence-corrected chi connectivity index (χ3v) is 4.65. The minimum Gasteiger partial charge on any atom is -0.335 e. The summed E-state index contributed by atoms with van der Waals surface area (Å²) >= 11 is 0. The Bertz CT molecular complexity index is 458. The summed E-state index contributed by atoms with van der Waals surface area (Å²) in [5.41, 5.74) is 7.00. The molecule has 2 saturated carbocycles. The van der Waals surface area contributed by atoms with E-state index in [4.69, 9.17) is 5.73 Å². The first-order chi connectivity index (χ1) is 9.79. The van der Waals surface area contributed by atoms with Crippen molar-refractivity contribution in [1.82, 2.24) is 9.88 Å². The molecule has 1 heterocycles. The van der Waals surface area contributed by atoms with Gasteiger partial charge in [-0.3, -0.25) is 9.78 Å². The molecule has 4 nitrogen and oxygen atoms in total. The SMILES string of the molecule is NCC1CCCC1C(=O)N(Cc1ccncc1)C1CC1. The Balaban J connectivity index is 1.72. The highest BCUT2D eigenvalue weighted by Gasteiger charge is 2.40. The van der Waals surface area contributed by atoms with Crippen molar-refractivity contribution in [2.45, 2.75) is 44.7 Å². The first-order valence-corrected chi connectivity index (χ1v) is 7.69. The van der Waals surface area contributed by atoms with Gasteiger partial charge < -0.3 is 10.6 Å². The predicted octanol–water partition coefficient (Wildman–Crippen LogP) is 1.95. The highest BCUT2D eigenvalue weighted by Crippen LogP contribution is 2.36. The van der Waals surface area contributed by atoms with Crippen molar-refractivity contribution in [2.24, 2.45) is 17.6 Å². The summed E-state index contributed by atoms with van der Waals surface area (Å²) in [5.74, 6) is 0.876. The van der Waals surface area contributed by atoms with E-state index in [1.807, 2.05) is 12.1 Å². The molecule has 0 saturated heterocycles. The van der Waals surface area contributed by atoms with E-state index >= 15 is 0 Å². The van der Waals surface area contributed by atoms with Gasteiger partial charge in [-0.15, -0.1) is 0 Å². The Morgan fingerprint density at radius 2 is 2.00 bits per heavy atom. The predicted molar refractivity (Wildman–Crippen MR) is 77.7 cm³/mol. The van der Waals surface area contributed by atoms with Gasteiger partial charge in [0.05, 0.1) is 0 Å². The van der Waals surface area contributed by atoms with Crippen molar-refractivity contribution in [3.63, 3.8) is 0 Å². The Kier molecular flexibility index (Phi) is 4.01. The minimum atomic E-state index is 0.155. The number of nitrogens with zero attached hydrogens (tertiary/aromatic N) is 2. The number of hydrogen-bond donors (Lipinski definition) is 1. The van der Waals surface area contributed by atoms with Crippen molar-refractivity contribution in [1.29, 1.82) is 0 Å². The van der Waals surface area contributed by atoms with Crippen molar-refractivity contribution < 1.29 is 4.79 Å². The largest absolute Gasteiger partial charge is 0.335 e. The van der Waals surface area contributed by atoms with E-state index in [0.29, 0.717) is 24.4 Å². The van der Waals surface area contributed by atoms with Gasteiger partial charge in [-0.2, -0.15) is 0 Å². The van der Waals surface area contributed by atoms with Crippen LogP contribution in [0.4, 0.5) is 0 Å². The zero-order valence-electron chi connectivity index (χ0n) is 11.9. The maximum atomic E-state index is 12.9. The topological polar surface area (TPSA) is 59.2 Å². The molecule has 2 fully saturated rings. The van der Waals surface area contributed by atoms with Gasteiger partial charge in [0.1, 0.15) is 0 Å². The molecule has 108 valence electrons. The monoisotopic (exact) mass is 273 g/mol. The van der Waals surface area contributed by atoms with E-state index in [9.17, 15) is 4.79 Å². The molecular weight excluding hydrogens is 250 g/mol. The molecular formula is C16H23N3O. The summed E-state index contributed by atoms with van der Waals surface area (Å²) in [6, 6.07) is 4.45. The molecule has 2 atom stereocenters. The summed E-state index contributed by atoms with van der Waals surface area (Å²) in [6.45, 7) is 1.37. The Morgan fingerprint density at radius 3 is 2.65 bits per heavy atom. The third-order valence-electron chi connectivity index (χ3n) is 4.65. The first-order valence-electron chi connectivity index (χ1n) is 7.69. The van der Waals surface area contributed by atoms with Crippen LogP contribution in [0.2, 0.25) is 0 Å². The quantitative estimate of drug-likeness (QED) is 0.892.